The highest BCUT2D eigenvalue weighted by atomic mass is 16.7. The highest BCUT2D eigenvalue weighted by Crippen LogP contribution is 2.27. The molecule has 10 unspecified atom stereocenters. The van der Waals surface area contributed by atoms with Crippen LogP contribution in [0.2, 0.25) is 0 Å². The molecule has 2 fully saturated rings. The van der Waals surface area contributed by atoms with E-state index in [0.29, 0.717) is 0 Å². The second-order valence-corrected chi connectivity index (χ2v) is 7.33. The zero-order valence-electron chi connectivity index (χ0n) is 16.4. The molecule has 3 heterocycles. The average molecular weight is 450 g/mol. The van der Waals surface area contributed by atoms with E-state index in [2.05, 4.69) is 0 Å². The summed E-state index contributed by atoms with van der Waals surface area (Å²) in [4.78, 5) is 12.0. The minimum Gasteiger partial charge on any atom is -0.465 e. The Balaban J connectivity index is 1.73. The van der Waals surface area contributed by atoms with Gasteiger partial charge in [0.15, 0.2) is 6.29 Å². The van der Waals surface area contributed by atoms with Crippen LogP contribution in [-0.2, 0) is 14.2 Å². The third kappa shape index (κ3) is 4.90. The van der Waals surface area contributed by atoms with Gasteiger partial charge in [-0.25, -0.2) is 0 Å². The lowest BCUT2D eigenvalue weighted by molar-refractivity contribution is -0.311. The van der Waals surface area contributed by atoms with E-state index >= 15 is 0 Å². The Morgan fingerprint density at radius 3 is 2.29 bits per heavy atom. The van der Waals surface area contributed by atoms with Crippen LogP contribution >= 0.6 is 0 Å². The Morgan fingerprint density at radius 2 is 1.65 bits per heavy atom. The molecule has 3 rings (SSSR count). The SMILES string of the molecule is Cc1occc(=O)c1OC1OC(CO)C(O)C(OCC2OC(O)C(O)C(O)C2O)C1O. The van der Waals surface area contributed by atoms with Crippen LogP contribution in [0.15, 0.2) is 21.5 Å². The van der Waals surface area contributed by atoms with Gasteiger partial charge in [-0.1, -0.05) is 0 Å². The van der Waals surface area contributed by atoms with Gasteiger partial charge in [0.1, 0.15) is 54.6 Å². The number of hydrogen-bond acceptors (Lipinski definition) is 13. The van der Waals surface area contributed by atoms with E-state index < -0.39 is 80.1 Å². The van der Waals surface area contributed by atoms with Crippen molar-refractivity contribution in [1.29, 1.82) is 0 Å². The molecule has 0 aliphatic carbocycles. The number of aliphatic hydroxyl groups is 7. The molecule has 0 radical (unpaired) electrons. The van der Waals surface area contributed by atoms with Crippen molar-refractivity contribution < 1.29 is 59.1 Å². The maximum Gasteiger partial charge on any atom is 0.229 e. The minimum atomic E-state index is -1.79. The molecular weight excluding hydrogens is 424 g/mol. The summed E-state index contributed by atoms with van der Waals surface area (Å²) >= 11 is 0. The second kappa shape index (κ2) is 9.87. The molecule has 0 saturated carbocycles. The Morgan fingerprint density at radius 1 is 0.935 bits per heavy atom. The van der Waals surface area contributed by atoms with Crippen molar-refractivity contribution in [2.24, 2.45) is 0 Å². The van der Waals surface area contributed by atoms with Gasteiger partial charge in [-0.15, -0.1) is 0 Å². The first-order chi connectivity index (χ1) is 14.6. The van der Waals surface area contributed by atoms with Crippen LogP contribution in [0.25, 0.3) is 0 Å². The molecule has 13 nitrogen and oxygen atoms in total. The first-order valence-corrected chi connectivity index (χ1v) is 9.52. The van der Waals surface area contributed by atoms with E-state index in [1.807, 2.05) is 0 Å². The van der Waals surface area contributed by atoms with Crippen LogP contribution < -0.4 is 10.2 Å². The van der Waals surface area contributed by atoms with E-state index in [9.17, 15) is 40.5 Å². The van der Waals surface area contributed by atoms with E-state index in [1.165, 1.54) is 6.92 Å². The molecule has 176 valence electrons. The van der Waals surface area contributed by atoms with Crippen molar-refractivity contribution in [3.05, 3.63) is 28.3 Å². The molecule has 0 spiro atoms. The monoisotopic (exact) mass is 450 g/mol. The Hall–Kier alpha value is -1.65. The van der Waals surface area contributed by atoms with E-state index in [-0.39, 0.29) is 11.5 Å². The molecule has 2 aliphatic heterocycles. The summed E-state index contributed by atoms with van der Waals surface area (Å²) in [5, 5.41) is 69.4. The molecule has 0 bridgehead atoms. The van der Waals surface area contributed by atoms with Crippen molar-refractivity contribution >= 4 is 0 Å². The molecule has 2 aliphatic rings. The molecular formula is C18H26O13. The van der Waals surface area contributed by atoms with Gasteiger partial charge in [0, 0.05) is 6.07 Å². The van der Waals surface area contributed by atoms with Gasteiger partial charge >= 0.3 is 0 Å². The zero-order chi connectivity index (χ0) is 22.9. The van der Waals surface area contributed by atoms with Gasteiger partial charge in [-0.3, -0.25) is 4.79 Å². The number of aliphatic hydroxyl groups excluding tert-OH is 7. The Bertz CT molecular complexity index is 784. The smallest absolute Gasteiger partial charge is 0.229 e. The van der Waals surface area contributed by atoms with Crippen LogP contribution in [-0.4, -0.2) is 110 Å². The molecule has 2 saturated heterocycles. The average Bonchev–Trinajstić information content (AvgIpc) is 2.74. The first kappa shape index (κ1) is 24.0. The highest BCUT2D eigenvalue weighted by Gasteiger charge is 2.48. The summed E-state index contributed by atoms with van der Waals surface area (Å²) in [5.74, 6) is -0.141. The van der Waals surface area contributed by atoms with Crippen LogP contribution in [0, 0.1) is 6.92 Å². The fraction of sp³-hybridized carbons (Fsp3) is 0.722. The Labute approximate surface area is 175 Å². The van der Waals surface area contributed by atoms with Crippen LogP contribution in [0.3, 0.4) is 0 Å². The third-order valence-corrected chi connectivity index (χ3v) is 5.20. The van der Waals surface area contributed by atoms with E-state index in [1.54, 1.807) is 0 Å². The molecule has 13 heteroatoms. The maximum absolute atomic E-state index is 12.0. The molecule has 7 N–H and O–H groups in total. The molecule has 1 aromatic heterocycles. The summed E-state index contributed by atoms with van der Waals surface area (Å²) in [5.41, 5.74) is -0.552. The number of aryl methyl sites for hydroxylation is 1. The van der Waals surface area contributed by atoms with Crippen molar-refractivity contribution in [2.45, 2.75) is 68.3 Å². The van der Waals surface area contributed by atoms with Crippen molar-refractivity contribution in [1.82, 2.24) is 0 Å². The zero-order valence-corrected chi connectivity index (χ0v) is 16.4. The molecule has 0 aromatic carbocycles. The van der Waals surface area contributed by atoms with Crippen LogP contribution in [0.1, 0.15) is 5.76 Å². The van der Waals surface area contributed by atoms with Crippen molar-refractivity contribution in [2.75, 3.05) is 13.2 Å². The van der Waals surface area contributed by atoms with Crippen molar-refractivity contribution in [3.63, 3.8) is 0 Å². The van der Waals surface area contributed by atoms with E-state index in [0.717, 1.165) is 12.3 Å². The molecule has 0 amide bonds. The van der Waals surface area contributed by atoms with Gasteiger partial charge in [0.2, 0.25) is 17.5 Å². The summed E-state index contributed by atoms with van der Waals surface area (Å²) in [6.07, 6.45) is -14.5. The topological polar surface area (TPSA) is 209 Å². The number of rotatable bonds is 6. The Kier molecular flexibility index (Phi) is 7.64. The van der Waals surface area contributed by atoms with Gasteiger partial charge in [0.05, 0.1) is 19.5 Å². The number of ether oxygens (including phenoxy) is 4. The lowest BCUT2D eigenvalue weighted by Gasteiger charge is -2.43. The van der Waals surface area contributed by atoms with Gasteiger partial charge < -0.3 is 59.1 Å². The molecule has 1 aromatic rings. The molecule has 10 atom stereocenters. The highest BCUT2D eigenvalue weighted by molar-refractivity contribution is 5.23. The minimum absolute atomic E-state index is 0.104. The van der Waals surface area contributed by atoms with Gasteiger partial charge in [-0.2, -0.15) is 0 Å². The fourth-order valence-corrected chi connectivity index (χ4v) is 3.38. The largest absolute Gasteiger partial charge is 0.465 e. The summed E-state index contributed by atoms with van der Waals surface area (Å²) in [7, 11) is 0. The normalized spacial score (nSPS) is 41.2. The predicted octanol–water partition coefficient (Wildman–Crippen LogP) is -4.05. The third-order valence-electron chi connectivity index (χ3n) is 5.20. The van der Waals surface area contributed by atoms with Gasteiger partial charge in [-0.05, 0) is 6.92 Å². The molecule has 31 heavy (non-hydrogen) atoms. The van der Waals surface area contributed by atoms with Crippen LogP contribution in [0.5, 0.6) is 5.75 Å². The predicted molar refractivity (Wildman–Crippen MR) is 96.7 cm³/mol. The summed E-state index contributed by atoms with van der Waals surface area (Å²) in [6, 6.07) is 1.09. The standard InChI is InChI=1S/C18H26O13/c1-6-15(7(20)2-3-27-6)31-18-14(25)16(11(22)8(4-19)30-18)28-5-9-10(21)12(23)13(24)17(26)29-9/h2-3,8-14,16-19,21-26H,4-5H2,1H3. The van der Waals surface area contributed by atoms with E-state index in [4.69, 9.17) is 23.4 Å². The van der Waals surface area contributed by atoms with Crippen molar-refractivity contribution in [3.8, 4) is 5.75 Å². The fourth-order valence-electron chi connectivity index (χ4n) is 3.38. The van der Waals surface area contributed by atoms with Crippen LogP contribution in [0.4, 0.5) is 0 Å². The summed E-state index contributed by atoms with van der Waals surface area (Å²) in [6.45, 7) is 0.242. The lowest BCUT2D eigenvalue weighted by Crippen LogP contribution is -2.63. The number of hydrogen-bond donors (Lipinski definition) is 7. The first-order valence-electron chi connectivity index (χ1n) is 9.52. The second-order valence-electron chi connectivity index (χ2n) is 7.33. The quantitative estimate of drug-likeness (QED) is 0.220. The lowest BCUT2D eigenvalue weighted by atomic mass is 9.97. The van der Waals surface area contributed by atoms with Gasteiger partial charge in [0.25, 0.3) is 0 Å². The maximum atomic E-state index is 12.0. The summed E-state index contributed by atoms with van der Waals surface area (Å²) < 4.78 is 26.3.